The second-order valence-corrected chi connectivity index (χ2v) is 4.86. The molecule has 0 aliphatic heterocycles. The van der Waals surface area contributed by atoms with Gasteiger partial charge in [-0.05, 0) is 27.9 Å². The Morgan fingerprint density at radius 1 is 1.47 bits per heavy atom. The van der Waals surface area contributed by atoms with Crippen LogP contribution in [0.25, 0.3) is 0 Å². The fourth-order valence-corrected chi connectivity index (χ4v) is 2.54. The minimum absolute atomic E-state index is 0.834. The number of nitrogens with two attached hydrogens (primary N) is 1. The van der Waals surface area contributed by atoms with Gasteiger partial charge in [0.05, 0.1) is 11.4 Å². The van der Waals surface area contributed by atoms with Crippen LogP contribution in [0.3, 0.4) is 0 Å². The molecular formula is C10H20N4S. The second-order valence-electron chi connectivity index (χ2n) is 3.77. The third-order valence-electron chi connectivity index (χ3n) is 2.20. The summed E-state index contributed by atoms with van der Waals surface area (Å²) in [5.74, 6) is 1.04. The lowest BCUT2D eigenvalue weighted by Gasteiger charge is -2.09. The molecule has 0 aliphatic carbocycles. The summed E-state index contributed by atoms with van der Waals surface area (Å²) in [6.45, 7) is 5.97. The van der Waals surface area contributed by atoms with Crippen molar-refractivity contribution in [2.24, 2.45) is 0 Å². The molecule has 1 rings (SSSR count). The van der Waals surface area contributed by atoms with Crippen molar-refractivity contribution in [1.29, 1.82) is 0 Å². The Morgan fingerprint density at radius 2 is 2.13 bits per heavy atom. The van der Waals surface area contributed by atoms with E-state index in [1.54, 1.807) is 11.8 Å². The van der Waals surface area contributed by atoms with Crippen LogP contribution in [0, 0.1) is 6.92 Å². The van der Waals surface area contributed by atoms with Gasteiger partial charge in [0.2, 0.25) is 0 Å². The first-order valence-corrected chi connectivity index (χ1v) is 6.15. The molecule has 1 aromatic heterocycles. The molecule has 0 saturated heterocycles. The van der Waals surface area contributed by atoms with Crippen molar-refractivity contribution >= 4 is 17.4 Å². The van der Waals surface area contributed by atoms with Crippen molar-refractivity contribution in [2.45, 2.75) is 25.4 Å². The van der Waals surface area contributed by atoms with Crippen LogP contribution in [-0.4, -0.2) is 41.1 Å². The lowest BCUT2D eigenvalue weighted by Crippen LogP contribution is -2.15. The van der Waals surface area contributed by atoms with Gasteiger partial charge >= 0.3 is 0 Å². The van der Waals surface area contributed by atoms with Crippen LogP contribution in [0.15, 0.2) is 5.03 Å². The Labute approximate surface area is 95.8 Å². The van der Waals surface area contributed by atoms with Crippen LogP contribution in [0.4, 0.5) is 5.69 Å². The fraction of sp³-hybridized carbons (Fsp3) is 0.700. The number of aromatic nitrogens is 2. The van der Waals surface area contributed by atoms with Gasteiger partial charge in [-0.2, -0.15) is 5.10 Å². The molecule has 0 fully saturated rings. The average molecular weight is 228 g/mol. The maximum Gasteiger partial charge on any atom is 0.117 e. The zero-order valence-electron chi connectivity index (χ0n) is 9.95. The quantitative estimate of drug-likeness (QED) is 0.775. The number of nitrogen functional groups attached to an aromatic ring is 1. The molecule has 4 nitrogen and oxygen atoms in total. The maximum atomic E-state index is 5.98. The number of hydrogen-bond donors (Lipinski definition) is 1. The molecule has 15 heavy (non-hydrogen) atoms. The van der Waals surface area contributed by atoms with Crippen LogP contribution in [0.2, 0.25) is 0 Å². The Bertz CT molecular complexity index is 319. The monoisotopic (exact) mass is 228 g/mol. The van der Waals surface area contributed by atoms with E-state index >= 15 is 0 Å². The summed E-state index contributed by atoms with van der Waals surface area (Å²) in [5.41, 5.74) is 7.75. The standard InChI is InChI=1S/C10H20N4S/c1-5-14-10(9(11)8(2)12-14)15-7-6-13(3)4/h5-7,11H2,1-4H3. The number of nitrogens with zero attached hydrogens (tertiary/aromatic N) is 3. The number of hydrogen-bond acceptors (Lipinski definition) is 4. The Kier molecular flexibility index (Phi) is 4.47. The summed E-state index contributed by atoms with van der Waals surface area (Å²) in [6.07, 6.45) is 0. The van der Waals surface area contributed by atoms with Crippen molar-refractivity contribution in [2.75, 3.05) is 32.1 Å². The van der Waals surface area contributed by atoms with Crippen LogP contribution >= 0.6 is 11.8 Å². The predicted molar refractivity (Wildman–Crippen MR) is 66.3 cm³/mol. The Morgan fingerprint density at radius 3 is 2.67 bits per heavy atom. The lowest BCUT2D eigenvalue weighted by atomic mass is 10.4. The largest absolute Gasteiger partial charge is 0.395 e. The molecule has 0 unspecified atom stereocenters. The summed E-state index contributed by atoms with van der Waals surface area (Å²) in [5, 5.41) is 5.49. The zero-order valence-corrected chi connectivity index (χ0v) is 10.8. The summed E-state index contributed by atoms with van der Waals surface area (Å²) >= 11 is 1.78. The molecule has 0 radical (unpaired) electrons. The molecule has 86 valence electrons. The number of rotatable bonds is 5. The summed E-state index contributed by atoms with van der Waals surface area (Å²) in [6, 6.07) is 0. The van der Waals surface area contributed by atoms with Crippen LogP contribution in [0.1, 0.15) is 12.6 Å². The van der Waals surface area contributed by atoms with Gasteiger partial charge < -0.3 is 10.6 Å². The molecule has 0 bridgehead atoms. The third kappa shape index (κ3) is 3.14. The molecule has 1 heterocycles. The van der Waals surface area contributed by atoms with E-state index in [9.17, 15) is 0 Å². The van der Waals surface area contributed by atoms with Gasteiger partial charge in [0, 0.05) is 18.8 Å². The first kappa shape index (κ1) is 12.4. The van der Waals surface area contributed by atoms with Crippen molar-refractivity contribution in [1.82, 2.24) is 14.7 Å². The van der Waals surface area contributed by atoms with Crippen molar-refractivity contribution in [3.05, 3.63) is 5.69 Å². The van der Waals surface area contributed by atoms with E-state index in [0.29, 0.717) is 0 Å². The molecular weight excluding hydrogens is 208 g/mol. The summed E-state index contributed by atoms with van der Waals surface area (Å²) in [7, 11) is 4.15. The van der Waals surface area contributed by atoms with Gasteiger partial charge in [0.15, 0.2) is 0 Å². The molecule has 0 spiro atoms. The van der Waals surface area contributed by atoms with Gasteiger partial charge in [-0.3, -0.25) is 4.68 Å². The molecule has 0 saturated carbocycles. The van der Waals surface area contributed by atoms with E-state index in [1.807, 2.05) is 11.6 Å². The minimum Gasteiger partial charge on any atom is -0.395 e. The van der Waals surface area contributed by atoms with Gasteiger partial charge in [-0.25, -0.2) is 0 Å². The van der Waals surface area contributed by atoms with E-state index in [2.05, 4.69) is 31.0 Å². The lowest BCUT2D eigenvalue weighted by molar-refractivity contribution is 0.437. The number of anilines is 1. The van der Waals surface area contributed by atoms with Gasteiger partial charge in [-0.1, -0.05) is 0 Å². The molecule has 5 heteroatoms. The highest BCUT2D eigenvalue weighted by Gasteiger charge is 2.11. The minimum atomic E-state index is 0.834. The van der Waals surface area contributed by atoms with Gasteiger partial charge in [0.1, 0.15) is 5.03 Å². The van der Waals surface area contributed by atoms with Crippen molar-refractivity contribution < 1.29 is 0 Å². The third-order valence-corrected chi connectivity index (χ3v) is 3.29. The van der Waals surface area contributed by atoms with Crippen molar-refractivity contribution in [3.8, 4) is 0 Å². The molecule has 0 aliphatic rings. The van der Waals surface area contributed by atoms with Gasteiger partial charge in [0.25, 0.3) is 0 Å². The molecule has 2 N–H and O–H groups in total. The average Bonchev–Trinajstić information content (AvgIpc) is 2.44. The maximum absolute atomic E-state index is 5.98. The van der Waals surface area contributed by atoms with E-state index < -0.39 is 0 Å². The normalized spacial score (nSPS) is 11.3. The highest BCUT2D eigenvalue weighted by Crippen LogP contribution is 2.27. The van der Waals surface area contributed by atoms with Crippen LogP contribution < -0.4 is 5.73 Å². The molecule has 0 aromatic carbocycles. The molecule has 0 amide bonds. The second kappa shape index (κ2) is 5.42. The van der Waals surface area contributed by atoms with Crippen LogP contribution in [0.5, 0.6) is 0 Å². The Balaban J connectivity index is 2.66. The first-order chi connectivity index (χ1) is 7.06. The Hall–Kier alpha value is -0.680. The van der Waals surface area contributed by atoms with E-state index in [-0.39, 0.29) is 0 Å². The van der Waals surface area contributed by atoms with E-state index in [4.69, 9.17) is 5.73 Å². The highest BCUT2D eigenvalue weighted by atomic mass is 32.2. The van der Waals surface area contributed by atoms with Crippen LogP contribution in [-0.2, 0) is 6.54 Å². The number of thioether (sulfide) groups is 1. The fourth-order valence-electron chi connectivity index (χ4n) is 1.27. The highest BCUT2D eigenvalue weighted by molar-refractivity contribution is 7.99. The first-order valence-electron chi connectivity index (χ1n) is 5.16. The molecule has 1 aromatic rings. The number of aryl methyl sites for hydroxylation is 2. The zero-order chi connectivity index (χ0) is 11.4. The van der Waals surface area contributed by atoms with E-state index in [0.717, 1.165) is 35.2 Å². The van der Waals surface area contributed by atoms with E-state index in [1.165, 1.54) is 0 Å². The summed E-state index contributed by atoms with van der Waals surface area (Å²) < 4.78 is 1.98. The SMILES string of the molecule is CCn1nc(C)c(N)c1SCCN(C)C. The topological polar surface area (TPSA) is 47.1 Å². The summed E-state index contributed by atoms with van der Waals surface area (Å²) in [4.78, 5) is 2.17. The predicted octanol–water partition coefficient (Wildman–Crippen LogP) is 1.45. The van der Waals surface area contributed by atoms with Crippen molar-refractivity contribution in [3.63, 3.8) is 0 Å². The van der Waals surface area contributed by atoms with Gasteiger partial charge in [-0.15, -0.1) is 11.8 Å². The smallest absolute Gasteiger partial charge is 0.117 e. The molecule has 0 atom stereocenters.